The number of hydrogen-bond acceptors (Lipinski definition) is 2. The molecule has 0 spiro atoms. The molecular weight excluding hydrogens is 224 g/mol. The molecule has 92 valence electrons. The Kier molecular flexibility index (Phi) is 2.90. The summed E-state index contributed by atoms with van der Waals surface area (Å²) < 4.78 is 0. The summed E-state index contributed by atoms with van der Waals surface area (Å²) in [4.78, 5) is 0. The fourth-order valence-corrected chi connectivity index (χ4v) is 2.84. The van der Waals surface area contributed by atoms with Gasteiger partial charge < -0.3 is 10.2 Å². The van der Waals surface area contributed by atoms with Gasteiger partial charge in [0.05, 0.1) is 12.2 Å². The number of benzene rings is 2. The Balaban J connectivity index is 1.84. The molecule has 0 unspecified atom stereocenters. The smallest absolute Gasteiger partial charge is 0.0727 e. The zero-order valence-electron chi connectivity index (χ0n) is 9.98. The van der Waals surface area contributed by atoms with E-state index >= 15 is 0 Å². The van der Waals surface area contributed by atoms with Crippen LogP contribution in [0.1, 0.15) is 23.0 Å². The van der Waals surface area contributed by atoms with Crippen LogP contribution in [0.25, 0.3) is 0 Å². The first-order valence-corrected chi connectivity index (χ1v) is 6.25. The summed E-state index contributed by atoms with van der Waals surface area (Å²) in [6.07, 6.45) is -1.02. The normalized spacial score (nSPS) is 30.8. The first-order valence-electron chi connectivity index (χ1n) is 6.25. The highest BCUT2D eigenvalue weighted by Crippen LogP contribution is 2.47. The van der Waals surface area contributed by atoms with Crippen LogP contribution in [-0.2, 0) is 0 Å². The molecule has 2 N–H and O–H groups in total. The highest BCUT2D eigenvalue weighted by atomic mass is 16.3. The maximum atomic E-state index is 10.3. The molecule has 0 bridgehead atoms. The largest absolute Gasteiger partial charge is 0.392 e. The molecule has 2 aromatic rings. The van der Waals surface area contributed by atoms with Crippen LogP contribution in [0.3, 0.4) is 0 Å². The molecule has 2 aromatic carbocycles. The molecule has 0 heterocycles. The predicted molar refractivity (Wildman–Crippen MR) is 70.4 cm³/mol. The molecule has 1 aliphatic rings. The van der Waals surface area contributed by atoms with Crippen molar-refractivity contribution in [2.75, 3.05) is 0 Å². The molecular formula is C16H16O2. The summed E-state index contributed by atoms with van der Waals surface area (Å²) in [7, 11) is 0. The van der Waals surface area contributed by atoms with Crippen molar-refractivity contribution >= 4 is 0 Å². The Bertz CT molecular complexity index is 452. The van der Waals surface area contributed by atoms with Gasteiger partial charge in [-0.1, -0.05) is 60.7 Å². The third kappa shape index (κ3) is 1.74. The van der Waals surface area contributed by atoms with Crippen molar-refractivity contribution in [3.8, 4) is 0 Å². The van der Waals surface area contributed by atoms with E-state index in [9.17, 15) is 10.2 Å². The molecule has 0 aliphatic heterocycles. The van der Waals surface area contributed by atoms with E-state index in [2.05, 4.69) is 0 Å². The highest BCUT2D eigenvalue weighted by Gasteiger charge is 2.50. The summed E-state index contributed by atoms with van der Waals surface area (Å²) in [6, 6.07) is 19.4. The minimum absolute atomic E-state index is 0.170. The van der Waals surface area contributed by atoms with Crippen molar-refractivity contribution < 1.29 is 10.2 Å². The highest BCUT2D eigenvalue weighted by molar-refractivity contribution is 5.35. The predicted octanol–water partition coefficient (Wildman–Crippen LogP) is 2.29. The lowest BCUT2D eigenvalue weighted by atomic mass is 9.63. The van der Waals surface area contributed by atoms with E-state index < -0.39 is 12.2 Å². The first kappa shape index (κ1) is 11.5. The van der Waals surface area contributed by atoms with E-state index in [1.54, 1.807) is 0 Å². The van der Waals surface area contributed by atoms with Gasteiger partial charge >= 0.3 is 0 Å². The van der Waals surface area contributed by atoms with Gasteiger partial charge in [0, 0.05) is 11.8 Å². The molecule has 3 rings (SSSR count). The lowest BCUT2D eigenvalue weighted by Gasteiger charge is -2.47. The molecule has 2 heteroatoms. The number of hydrogen-bond donors (Lipinski definition) is 2. The minimum atomic E-state index is -0.509. The van der Waals surface area contributed by atoms with E-state index in [4.69, 9.17) is 0 Å². The van der Waals surface area contributed by atoms with Crippen molar-refractivity contribution in [2.45, 2.75) is 24.0 Å². The summed E-state index contributed by atoms with van der Waals surface area (Å²) >= 11 is 0. The van der Waals surface area contributed by atoms with Gasteiger partial charge in [-0.05, 0) is 11.1 Å². The Morgan fingerprint density at radius 3 is 1.22 bits per heavy atom. The van der Waals surface area contributed by atoms with Crippen LogP contribution in [-0.4, -0.2) is 22.4 Å². The van der Waals surface area contributed by atoms with Gasteiger partial charge in [0.1, 0.15) is 0 Å². The fraction of sp³-hybridized carbons (Fsp3) is 0.250. The SMILES string of the molecule is OC1C(c2ccccc2)C(O)C1c1ccccc1. The summed E-state index contributed by atoms with van der Waals surface area (Å²) in [6.45, 7) is 0. The molecule has 1 fully saturated rings. The second-order valence-electron chi connectivity index (χ2n) is 4.85. The standard InChI is InChI=1S/C16H16O2/c17-15-13(11-7-3-1-4-8-11)16(18)14(15)12-9-5-2-6-10-12/h1-10,13-18H. The number of rotatable bonds is 2. The van der Waals surface area contributed by atoms with Gasteiger partial charge in [-0.2, -0.15) is 0 Å². The van der Waals surface area contributed by atoms with Crippen molar-refractivity contribution in [3.63, 3.8) is 0 Å². The molecule has 18 heavy (non-hydrogen) atoms. The van der Waals surface area contributed by atoms with Gasteiger partial charge in [-0.15, -0.1) is 0 Å². The summed E-state index contributed by atoms with van der Waals surface area (Å²) in [5.41, 5.74) is 2.01. The zero-order chi connectivity index (χ0) is 12.5. The molecule has 1 saturated carbocycles. The van der Waals surface area contributed by atoms with Crippen molar-refractivity contribution in [1.29, 1.82) is 0 Å². The average molecular weight is 240 g/mol. The van der Waals surface area contributed by atoms with E-state index in [0.29, 0.717) is 0 Å². The molecule has 2 nitrogen and oxygen atoms in total. The first-order chi connectivity index (χ1) is 8.79. The van der Waals surface area contributed by atoms with Gasteiger partial charge in [-0.25, -0.2) is 0 Å². The van der Waals surface area contributed by atoms with Crippen LogP contribution in [0.15, 0.2) is 60.7 Å². The number of aliphatic hydroxyl groups excluding tert-OH is 2. The summed E-state index contributed by atoms with van der Waals surface area (Å²) in [5.74, 6) is -0.340. The van der Waals surface area contributed by atoms with Crippen LogP contribution >= 0.6 is 0 Å². The van der Waals surface area contributed by atoms with Gasteiger partial charge in [-0.3, -0.25) is 0 Å². The lowest BCUT2D eigenvalue weighted by molar-refractivity contribution is -0.0785. The lowest BCUT2D eigenvalue weighted by Crippen LogP contribution is -2.51. The minimum Gasteiger partial charge on any atom is -0.392 e. The topological polar surface area (TPSA) is 40.5 Å². The van der Waals surface area contributed by atoms with Crippen LogP contribution in [0.4, 0.5) is 0 Å². The van der Waals surface area contributed by atoms with E-state index in [0.717, 1.165) is 11.1 Å². The van der Waals surface area contributed by atoms with Crippen molar-refractivity contribution in [1.82, 2.24) is 0 Å². The van der Waals surface area contributed by atoms with E-state index in [1.165, 1.54) is 0 Å². The Morgan fingerprint density at radius 1 is 0.556 bits per heavy atom. The van der Waals surface area contributed by atoms with Gasteiger partial charge in [0.2, 0.25) is 0 Å². The second kappa shape index (κ2) is 4.56. The molecule has 0 atom stereocenters. The van der Waals surface area contributed by atoms with E-state index in [1.807, 2.05) is 60.7 Å². The quantitative estimate of drug-likeness (QED) is 0.845. The third-order valence-corrected chi connectivity index (χ3v) is 3.84. The van der Waals surface area contributed by atoms with Gasteiger partial charge in [0.25, 0.3) is 0 Å². The molecule has 0 aromatic heterocycles. The van der Waals surface area contributed by atoms with Crippen LogP contribution < -0.4 is 0 Å². The molecule has 0 amide bonds. The molecule has 0 radical (unpaired) electrons. The maximum absolute atomic E-state index is 10.3. The zero-order valence-corrected chi connectivity index (χ0v) is 9.98. The number of aliphatic hydroxyl groups is 2. The fourth-order valence-electron chi connectivity index (χ4n) is 2.84. The second-order valence-corrected chi connectivity index (χ2v) is 4.85. The average Bonchev–Trinajstić information content (AvgIpc) is 2.41. The summed E-state index contributed by atoms with van der Waals surface area (Å²) in [5, 5.41) is 20.6. The van der Waals surface area contributed by atoms with Gasteiger partial charge in [0.15, 0.2) is 0 Å². The monoisotopic (exact) mass is 240 g/mol. The Morgan fingerprint density at radius 2 is 0.889 bits per heavy atom. The van der Waals surface area contributed by atoms with E-state index in [-0.39, 0.29) is 11.8 Å². The molecule has 0 saturated heterocycles. The van der Waals surface area contributed by atoms with Crippen molar-refractivity contribution in [2.24, 2.45) is 0 Å². The van der Waals surface area contributed by atoms with Crippen LogP contribution in [0.5, 0.6) is 0 Å². The van der Waals surface area contributed by atoms with Crippen LogP contribution in [0.2, 0.25) is 0 Å². The van der Waals surface area contributed by atoms with Crippen LogP contribution in [0, 0.1) is 0 Å². The van der Waals surface area contributed by atoms with Crippen molar-refractivity contribution in [3.05, 3.63) is 71.8 Å². The molecule has 1 aliphatic carbocycles. The third-order valence-electron chi connectivity index (χ3n) is 3.84. The maximum Gasteiger partial charge on any atom is 0.0727 e. The Hall–Kier alpha value is -1.64. The Labute approximate surface area is 107 Å².